The molecule has 0 aliphatic rings. The number of hydrogen-bond donors (Lipinski definition) is 1. The molecule has 0 amide bonds. The van der Waals surface area contributed by atoms with Gasteiger partial charge in [-0.25, -0.2) is 17.5 Å². The van der Waals surface area contributed by atoms with Gasteiger partial charge >= 0.3 is 0 Å². The molecule has 0 unspecified atom stereocenters. The molecular weight excluding hydrogens is 233 g/mol. The van der Waals surface area contributed by atoms with Gasteiger partial charge in [-0.15, -0.1) is 0 Å². The Hall–Kier alpha value is -1.14. The molecule has 4 nitrogen and oxygen atoms in total. The van der Waals surface area contributed by atoms with Gasteiger partial charge in [0.05, 0.1) is 13.4 Å². The van der Waals surface area contributed by atoms with Crippen LogP contribution in [0.25, 0.3) is 0 Å². The van der Waals surface area contributed by atoms with E-state index < -0.39 is 21.9 Å². The SMILES string of the molecule is COc1ccc([C@@H](C)NS(C)(=O)=O)cc1F. The maximum atomic E-state index is 13.3. The maximum absolute atomic E-state index is 13.3. The van der Waals surface area contributed by atoms with Crippen LogP contribution in [0.4, 0.5) is 4.39 Å². The van der Waals surface area contributed by atoms with E-state index in [1.807, 2.05) is 0 Å². The van der Waals surface area contributed by atoms with Crippen molar-refractivity contribution in [3.05, 3.63) is 29.6 Å². The van der Waals surface area contributed by atoms with E-state index in [2.05, 4.69) is 4.72 Å². The lowest BCUT2D eigenvalue weighted by Crippen LogP contribution is -2.25. The minimum atomic E-state index is -3.30. The Bertz CT molecular complexity index is 473. The summed E-state index contributed by atoms with van der Waals surface area (Å²) < 4.78 is 42.5. The van der Waals surface area contributed by atoms with Crippen LogP contribution in [-0.4, -0.2) is 21.8 Å². The maximum Gasteiger partial charge on any atom is 0.209 e. The van der Waals surface area contributed by atoms with Gasteiger partial charge in [0.15, 0.2) is 11.6 Å². The van der Waals surface area contributed by atoms with E-state index in [0.717, 1.165) is 6.26 Å². The molecular formula is C10H14FNO3S. The summed E-state index contributed by atoms with van der Waals surface area (Å²) in [4.78, 5) is 0. The van der Waals surface area contributed by atoms with Crippen molar-refractivity contribution in [2.75, 3.05) is 13.4 Å². The van der Waals surface area contributed by atoms with Crippen LogP contribution in [0.15, 0.2) is 18.2 Å². The molecule has 1 aromatic carbocycles. The molecule has 1 aromatic rings. The predicted molar refractivity (Wildman–Crippen MR) is 59.3 cm³/mol. The second-order valence-electron chi connectivity index (χ2n) is 3.51. The Morgan fingerprint density at radius 2 is 2.06 bits per heavy atom. The molecule has 0 aromatic heterocycles. The summed E-state index contributed by atoms with van der Waals surface area (Å²) in [5.74, 6) is -0.377. The number of ether oxygens (including phenoxy) is 1. The Kier molecular flexibility index (Phi) is 3.88. The average molecular weight is 247 g/mol. The summed E-state index contributed by atoms with van der Waals surface area (Å²) in [6.07, 6.45) is 1.06. The third-order valence-electron chi connectivity index (χ3n) is 2.07. The van der Waals surface area contributed by atoms with E-state index >= 15 is 0 Å². The Balaban J connectivity index is 2.93. The van der Waals surface area contributed by atoms with Crippen molar-refractivity contribution in [3.63, 3.8) is 0 Å². The molecule has 0 aliphatic heterocycles. The fourth-order valence-electron chi connectivity index (χ4n) is 1.34. The van der Waals surface area contributed by atoms with Crippen LogP contribution in [0, 0.1) is 5.82 Å². The minimum Gasteiger partial charge on any atom is -0.494 e. The molecule has 0 spiro atoms. The third-order valence-corrected chi connectivity index (χ3v) is 2.85. The van der Waals surface area contributed by atoms with E-state index in [1.54, 1.807) is 13.0 Å². The summed E-state index contributed by atoms with van der Waals surface area (Å²) in [5.41, 5.74) is 0.545. The van der Waals surface area contributed by atoms with E-state index in [4.69, 9.17) is 4.74 Å². The van der Waals surface area contributed by atoms with Gasteiger partial charge in [0.2, 0.25) is 10.0 Å². The predicted octanol–water partition coefficient (Wildman–Crippen LogP) is 1.44. The van der Waals surface area contributed by atoms with E-state index in [-0.39, 0.29) is 5.75 Å². The first-order chi connectivity index (χ1) is 7.33. The van der Waals surface area contributed by atoms with Gasteiger partial charge in [0, 0.05) is 6.04 Å². The van der Waals surface area contributed by atoms with Crippen LogP contribution in [0.1, 0.15) is 18.5 Å². The quantitative estimate of drug-likeness (QED) is 0.876. The molecule has 0 bridgehead atoms. The number of hydrogen-bond acceptors (Lipinski definition) is 3. The fraction of sp³-hybridized carbons (Fsp3) is 0.400. The van der Waals surface area contributed by atoms with Crippen molar-refractivity contribution in [2.24, 2.45) is 0 Å². The van der Waals surface area contributed by atoms with Crippen LogP contribution in [-0.2, 0) is 10.0 Å². The molecule has 0 saturated carbocycles. The van der Waals surface area contributed by atoms with Gasteiger partial charge in [-0.05, 0) is 24.6 Å². The van der Waals surface area contributed by atoms with E-state index in [9.17, 15) is 12.8 Å². The van der Waals surface area contributed by atoms with Gasteiger partial charge in [0.25, 0.3) is 0 Å². The Labute approximate surface area is 94.5 Å². The van der Waals surface area contributed by atoms with Gasteiger partial charge in [-0.3, -0.25) is 0 Å². The van der Waals surface area contributed by atoms with Crippen LogP contribution < -0.4 is 9.46 Å². The standard InChI is InChI=1S/C10H14FNO3S/c1-7(12-16(3,13)14)8-4-5-10(15-2)9(11)6-8/h4-7,12H,1-3H3/t7-/m1/s1. The lowest BCUT2D eigenvalue weighted by molar-refractivity contribution is 0.386. The summed E-state index contributed by atoms with van der Waals surface area (Å²) in [6.45, 7) is 1.64. The summed E-state index contributed by atoms with van der Waals surface area (Å²) in [7, 11) is -1.93. The Morgan fingerprint density at radius 3 is 2.50 bits per heavy atom. The van der Waals surface area contributed by atoms with Gasteiger partial charge in [-0.2, -0.15) is 0 Å². The molecule has 0 radical (unpaired) electrons. The van der Waals surface area contributed by atoms with E-state index in [1.165, 1.54) is 19.2 Å². The number of methoxy groups -OCH3 is 1. The second kappa shape index (κ2) is 4.80. The molecule has 0 aliphatic carbocycles. The van der Waals surface area contributed by atoms with Crippen LogP contribution in [0.3, 0.4) is 0 Å². The van der Waals surface area contributed by atoms with Crippen molar-refractivity contribution < 1.29 is 17.5 Å². The monoisotopic (exact) mass is 247 g/mol. The lowest BCUT2D eigenvalue weighted by Gasteiger charge is -2.13. The summed E-state index contributed by atoms with van der Waals surface area (Å²) in [5, 5.41) is 0. The van der Waals surface area contributed by atoms with Crippen molar-refractivity contribution >= 4 is 10.0 Å². The van der Waals surface area contributed by atoms with Crippen LogP contribution in [0.5, 0.6) is 5.75 Å². The molecule has 90 valence electrons. The first-order valence-corrected chi connectivity index (χ1v) is 6.53. The molecule has 16 heavy (non-hydrogen) atoms. The molecule has 1 rings (SSSR count). The lowest BCUT2D eigenvalue weighted by atomic mass is 10.1. The van der Waals surface area contributed by atoms with Crippen molar-refractivity contribution in [3.8, 4) is 5.75 Å². The minimum absolute atomic E-state index is 0.135. The average Bonchev–Trinajstić information content (AvgIpc) is 2.15. The molecule has 1 N–H and O–H groups in total. The van der Waals surface area contributed by atoms with Crippen molar-refractivity contribution in [1.29, 1.82) is 0 Å². The zero-order chi connectivity index (χ0) is 12.3. The number of benzene rings is 1. The number of rotatable bonds is 4. The number of nitrogens with one attached hydrogen (secondary N) is 1. The molecule has 0 heterocycles. The summed E-state index contributed by atoms with van der Waals surface area (Å²) >= 11 is 0. The highest BCUT2D eigenvalue weighted by Gasteiger charge is 2.13. The normalized spacial score (nSPS) is 13.5. The first kappa shape index (κ1) is 12.9. The highest BCUT2D eigenvalue weighted by molar-refractivity contribution is 7.88. The number of sulfonamides is 1. The zero-order valence-corrected chi connectivity index (χ0v) is 10.1. The Morgan fingerprint density at radius 1 is 1.44 bits per heavy atom. The summed E-state index contributed by atoms with van der Waals surface area (Å²) in [6, 6.07) is 3.85. The zero-order valence-electron chi connectivity index (χ0n) is 9.32. The van der Waals surface area contributed by atoms with Crippen LogP contribution in [0.2, 0.25) is 0 Å². The second-order valence-corrected chi connectivity index (χ2v) is 5.29. The third kappa shape index (κ3) is 3.46. The fourth-order valence-corrected chi connectivity index (χ4v) is 2.12. The van der Waals surface area contributed by atoms with Crippen LogP contribution >= 0.6 is 0 Å². The largest absolute Gasteiger partial charge is 0.494 e. The first-order valence-electron chi connectivity index (χ1n) is 4.64. The van der Waals surface area contributed by atoms with Gasteiger partial charge in [0.1, 0.15) is 0 Å². The molecule has 6 heteroatoms. The smallest absolute Gasteiger partial charge is 0.209 e. The van der Waals surface area contributed by atoms with Gasteiger partial charge < -0.3 is 4.74 Å². The topological polar surface area (TPSA) is 55.4 Å². The molecule has 0 fully saturated rings. The van der Waals surface area contributed by atoms with Crippen molar-refractivity contribution in [2.45, 2.75) is 13.0 Å². The van der Waals surface area contributed by atoms with Gasteiger partial charge in [-0.1, -0.05) is 6.07 Å². The highest BCUT2D eigenvalue weighted by Crippen LogP contribution is 2.21. The molecule has 1 atom stereocenters. The molecule has 0 saturated heterocycles. The highest BCUT2D eigenvalue weighted by atomic mass is 32.2. The number of halogens is 1. The van der Waals surface area contributed by atoms with E-state index in [0.29, 0.717) is 5.56 Å². The van der Waals surface area contributed by atoms with Crippen molar-refractivity contribution in [1.82, 2.24) is 4.72 Å².